The Morgan fingerprint density at radius 1 is 1.00 bits per heavy atom. The number of hydrogen-bond donors (Lipinski definition) is 0. The summed E-state index contributed by atoms with van der Waals surface area (Å²) in [6.07, 6.45) is 0.168. The SMILES string of the molecule is CCOC(=O)CCN(Cc1ccc(C)cc1)C(=O)c1ccc(OC)cc1. The summed E-state index contributed by atoms with van der Waals surface area (Å²) in [5.74, 6) is 0.264. The van der Waals surface area contributed by atoms with E-state index in [0.717, 1.165) is 11.1 Å². The van der Waals surface area contributed by atoms with E-state index in [1.807, 2.05) is 31.2 Å². The first-order valence-corrected chi connectivity index (χ1v) is 8.68. The number of amides is 1. The first-order valence-electron chi connectivity index (χ1n) is 8.68. The molecular formula is C21H25NO4. The first kappa shape index (κ1) is 19.5. The van der Waals surface area contributed by atoms with Gasteiger partial charge in [0.05, 0.1) is 20.1 Å². The lowest BCUT2D eigenvalue weighted by Gasteiger charge is -2.23. The van der Waals surface area contributed by atoms with Crippen LogP contribution in [-0.2, 0) is 16.1 Å². The third kappa shape index (κ3) is 5.62. The summed E-state index contributed by atoms with van der Waals surface area (Å²) in [5, 5.41) is 0. The molecule has 0 aliphatic rings. The molecule has 2 rings (SSSR count). The quantitative estimate of drug-likeness (QED) is 0.679. The highest BCUT2D eigenvalue weighted by molar-refractivity contribution is 5.94. The predicted octanol–water partition coefficient (Wildman–Crippen LogP) is 3.60. The van der Waals surface area contributed by atoms with Crippen molar-refractivity contribution in [2.24, 2.45) is 0 Å². The molecule has 0 spiro atoms. The number of rotatable bonds is 8. The molecule has 0 atom stereocenters. The van der Waals surface area contributed by atoms with Crippen LogP contribution in [0.1, 0.15) is 34.8 Å². The van der Waals surface area contributed by atoms with E-state index in [4.69, 9.17) is 9.47 Å². The molecule has 0 saturated heterocycles. The molecular weight excluding hydrogens is 330 g/mol. The van der Waals surface area contributed by atoms with Crippen LogP contribution in [-0.4, -0.2) is 37.0 Å². The second-order valence-corrected chi connectivity index (χ2v) is 6.00. The average Bonchev–Trinajstić information content (AvgIpc) is 2.66. The fourth-order valence-electron chi connectivity index (χ4n) is 2.54. The molecule has 2 aromatic carbocycles. The lowest BCUT2D eigenvalue weighted by atomic mass is 10.1. The molecule has 1 amide bonds. The van der Waals surface area contributed by atoms with Gasteiger partial charge in [-0.3, -0.25) is 9.59 Å². The second kappa shape index (κ2) is 9.61. The molecule has 0 aromatic heterocycles. The van der Waals surface area contributed by atoms with Gasteiger partial charge in [0.2, 0.25) is 0 Å². The largest absolute Gasteiger partial charge is 0.497 e. The van der Waals surface area contributed by atoms with Crippen molar-refractivity contribution in [3.8, 4) is 5.75 Å². The molecule has 2 aromatic rings. The fraction of sp³-hybridized carbons (Fsp3) is 0.333. The first-order chi connectivity index (χ1) is 12.5. The Balaban J connectivity index is 2.15. The van der Waals surface area contributed by atoms with Gasteiger partial charge in [-0.1, -0.05) is 29.8 Å². The minimum Gasteiger partial charge on any atom is -0.497 e. The van der Waals surface area contributed by atoms with Crippen molar-refractivity contribution in [1.82, 2.24) is 4.90 Å². The van der Waals surface area contributed by atoms with E-state index in [9.17, 15) is 9.59 Å². The zero-order valence-electron chi connectivity index (χ0n) is 15.5. The van der Waals surface area contributed by atoms with E-state index in [2.05, 4.69) is 0 Å². The summed E-state index contributed by atoms with van der Waals surface area (Å²) in [7, 11) is 1.58. The number of carbonyl (C=O) groups is 2. The van der Waals surface area contributed by atoms with Gasteiger partial charge in [0.15, 0.2) is 0 Å². The van der Waals surface area contributed by atoms with E-state index in [-0.39, 0.29) is 18.3 Å². The Morgan fingerprint density at radius 2 is 1.65 bits per heavy atom. The van der Waals surface area contributed by atoms with Crippen molar-refractivity contribution in [2.45, 2.75) is 26.8 Å². The van der Waals surface area contributed by atoms with E-state index in [0.29, 0.717) is 31.0 Å². The number of carbonyl (C=O) groups excluding carboxylic acids is 2. The van der Waals surface area contributed by atoms with Crippen LogP contribution < -0.4 is 4.74 Å². The second-order valence-electron chi connectivity index (χ2n) is 6.00. The van der Waals surface area contributed by atoms with Crippen molar-refractivity contribution in [2.75, 3.05) is 20.3 Å². The number of esters is 1. The van der Waals surface area contributed by atoms with Crippen LogP contribution in [0.2, 0.25) is 0 Å². The number of nitrogens with zero attached hydrogens (tertiary/aromatic N) is 1. The van der Waals surface area contributed by atoms with E-state index in [1.165, 1.54) is 0 Å². The van der Waals surface area contributed by atoms with E-state index < -0.39 is 0 Å². The van der Waals surface area contributed by atoms with Crippen LogP contribution in [0.5, 0.6) is 5.75 Å². The molecule has 5 nitrogen and oxygen atoms in total. The standard InChI is InChI=1S/C21H25NO4/c1-4-26-20(23)13-14-22(15-17-7-5-16(2)6-8-17)21(24)18-9-11-19(25-3)12-10-18/h5-12H,4,13-15H2,1-3H3. The van der Waals surface area contributed by atoms with Crippen LogP contribution in [0.4, 0.5) is 0 Å². The number of benzene rings is 2. The lowest BCUT2D eigenvalue weighted by Crippen LogP contribution is -2.33. The molecule has 138 valence electrons. The summed E-state index contributed by atoms with van der Waals surface area (Å²) in [6, 6.07) is 15.0. The molecule has 0 aliphatic heterocycles. The van der Waals surface area contributed by atoms with Crippen LogP contribution in [0.25, 0.3) is 0 Å². The maximum atomic E-state index is 12.9. The monoisotopic (exact) mass is 355 g/mol. The molecule has 0 saturated carbocycles. The highest BCUT2D eigenvalue weighted by atomic mass is 16.5. The molecule has 0 aliphatic carbocycles. The van der Waals surface area contributed by atoms with Crippen LogP contribution in [0.3, 0.4) is 0 Å². The minimum absolute atomic E-state index is 0.127. The molecule has 5 heteroatoms. The van der Waals surface area contributed by atoms with Gasteiger partial charge in [0, 0.05) is 18.7 Å². The highest BCUT2D eigenvalue weighted by Gasteiger charge is 2.18. The van der Waals surface area contributed by atoms with E-state index in [1.54, 1.807) is 43.2 Å². The Bertz CT molecular complexity index is 723. The number of hydrogen-bond acceptors (Lipinski definition) is 4. The van der Waals surface area contributed by atoms with Crippen LogP contribution in [0.15, 0.2) is 48.5 Å². The Labute approximate surface area is 154 Å². The average molecular weight is 355 g/mol. The molecule has 0 fully saturated rings. The third-order valence-electron chi connectivity index (χ3n) is 4.01. The lowest BCUT2D eigenvalue weighted by molar-refractivity contribution is -0.143. The smallest absolute Gasteiger partial charge is 0.307 e. The van der Waals surface area contributed by atoms with Gasteiger partial charge in [-0.2, -0.15) is 0 Å². The van der Waals surface area contributed by atoms with Crippen molar-refractivity contribution in [3.63, 3.8) is 0 Å². The van der Waals surface area contributed by atoms with Crippen LogP contribution in [0, 0.1) is 6.92 Å². The number of aryl methyl sites for hydroxylation is 1. The van der Waals surface area contributed by atoms with Gasteiger partial charge in [-0.15, -0.1) is 0 Å². The molecule has 26 heavy (non-hydrogen) atoms. The Morgan fingerprint density at radius 3 is 2.23 bits per heavy atom. The fourth-order valence-corrected chi connectivity index (χ4v) is 2.54. The van der Waals surface area contributed by atoms with Gasteiger partial charge < -0.3 is 14.4 Å². The maximum absolute atomic E-state index is 12.9. The maximum Gasteiger partial charge on any atom is 0.307 e. The summed E-state index contributed by atoms with van der Waals surface area (Å²) in [4.78, 5) is 26.3. The molecule has 0 bridgehead atoms. The zero-order chi connectivity index (χ0) is 18.9. The van der Waals surface area contributed by atoms with Gasteiger partial charge >= 0.3 is 5.97 Å². The van der Waals surface area contributed by atoms with Crippen molar-refractivity contribution >= 4 is 11.9 Å². The Hall–Kier alpha value is -2.82. The molecule has 0 unspecified atom stereocenters. The number of ether oxygens (including phenoxy) is 2. The van der Waals surface area contributed by atoms with Crippen LogP contribution >= 0.6 is 0 Å². The van der Waals surface area contributed by atoms with Crippen molar-refractivity contribution in [3.05, 3.63) is 65.2 Å². The molecule has 0 heterocycles. The van der Waals surface area contributed by atoms with Gasteiger partial charge in [0.25, 0.3) is 5.91 Å². The predicted molar refractivity (Wildman–Crippen MR) is 100 cm³/mol. The van der Waals surface area contributed by atoms with E-state index >= 15 is 0 Å². The van der Waals surface area contributed by atoms with Gasteiger partial charge in [0.1, 0.15) is 5.75 Å². The molecule has 0 N–H and O–H groups in total. The highest BCUT2D eigenvalue weighted by Crippen LogP contribution is 2.16. The summed E-state index contributed by atoms with van der Waals surface area (Å²) < 4.78 is 10.1. The topological polar surface area (TPSA) is 55.8 Å². The summed E-state index contributed by atoms with van der Waals surface area (Å²) >= 11 is 0. The Kier molecular flexibility index (Phi) is 7.21. The van der Waals surface area contributed by atoms with Gasteiger partial charge in [-0.25, -0.2) is 0 Å². The normalized spacial score (nSPS) is 10.3. The number of methoxy groups -OCH3 is 1. The van der Waals surface area contributed by atoms with Gasteiger partial charge in [-0.05, 0) is 43.7 Å². The third-order valence-corrected chi connectivity index (χ3v) is 4.01. The molecule has 0 radical (unpaired) electrons. The van der Waals surface area contributed by atoms with Crippen molar-refractivity contribution < 1.29 is 19.1 Å². The zero-order valence-corrected chi connectivity index (χ0v) is 15.5. The minimum atomic E-state index is -0.302. The van der Waals surface area contributed by atoms with Crippen molar-refractivity contribution in [1.29, 1.82) is 0 Å². The summed E-state index contributed by atoms with van der Waals surface area (Å²) in [5.41, 5.74) is 2.73. The summed E-state index contributed by atoms with van der Waals surface area (Å²) in [6.45, 7) is 4.86.